The van der Waals surface area contributed by atoms with Crippen LogP contribution in [0, 0.1) is 34.9 Å². The zero-order chi connectivity index (χ0) is 15.5. The van der Waals surface area contributed by atoms with Crippen LogP contribution in [0.15, 0.2) is 24.3 Å². The molecule has 0 aromatic heterocycles. The fourth-order valence-electron chi connectivity index (χ4n) is 4.38. The highest BCUT2D eigenvalue weighted by molar-refractivity contribution is 5.41. The Morgan fingerprint density at radius 3 is 2.55 bits per heavy atom. The van der Waals surface area contributed by atoms with Crippen molar-refractivity contribution in [1.82, 2.24) is 0 Å². The van der Waals surface area contributed by atoms with Gasteiger partial charge in [-0.05, 0) is 92.9 Å². The van der Waals surface area contributed by atoms with Crippen molar-refractivity contribution in [3.63, 3.8) is 0 Å². The highest BCUT2D eigenvalue weighted by Gasteiger charge is 2.30. The number of allylic oxidation sites excluding steroid dienone is 2. The van der Waals surface area contributed by atoms with E-state index >= 15 is 0 Å². The lowest BCUT2D eigenvalue weighted by Gasteiger charge is -2.36. The van der Waals surface area contributed by atoms with E-state index in [9.17, 15) is 4.39 Å². The van der Waals surface area contributed by atoms with Gasteiger partial charge in [0.25, 0.3) is 0 Å². The molecule has 1 saturated carbocycles. The van der Waals surface area contributed by atoms with Gasteiger partial charge in [-0.2, -0.15) is 5.26 Å². The Kier molecular flexibility index (Phi) is 4.62. The monoisotopic (exact) mass is 297 g/mol. The fraction of sp³-hybridized carbons (Fsp3) is 0.550. The van der Waals surface area contributed by atoms with Gasteiger partial charge in [0.2, 0.25) is 0 Å². The average molecular weight is 297 g/mol. The highest BCUT2D eigenvalue weighted by atomic mass is 19.1. The van der Waals surface area contributed by atoms with Crippen LogP contribution in [-0.4, -0.2) is 0 Å². The molecular weight excluding hydrogens is 273 g/mol. The molecule has 0 spiro atoms. The van der Waals surface area contributed by atoms with E-state index < -0.39 is 0 Å². The van der Waals surface area contributed by atoms with Crippen molar-refractivity contribution in [1.29, 1.82) is 5.26 Å². The van der Waals surface area contributed by atoms with E-state index in [1.807, 2.05) is 6.07 Å². The molecule has 0 saturated heterocycles. The second kappa shape index (κ2) is 6.65. The fourth-order valence-corrected chi connectivity index (χ4v) is 4.38. The van der Waals surface area contributed by atoms with E-state index in [4.69, 9.17) is 5.26 Å². The minimum Gasteiger partial charge on any atom is -0.206 e. The molecule has 0 N–H and O–H groups in total. The largest absolute Gasteiger partial charge is 0.206 e. The van der Waals surface area contributed by atoms with E-state index in [0.29, 0.717) is 5.92 Å². The van der Waals surface area contributed by atoms with Crippen molar-refractivity contribution < 1.29 is 4.39 Å². The molecule has 1 fully saturated rings. The van der Waals surface area contributed by atoms with Crippen LogP contribution in [0.2, 0.25) is 0 Å². The minimum atomic E-state index is -0.348. The van der Waals surface area contributed by atoms with Gasteiger partial charge in [-0.3, -0.25) is 0 Å². The van der Waals surface area contributed by atoms with Crippen LogP contribution in [-0.2, 0) is 12.8 Å². The molecule has 0 bridgehead atoms. The van der Waals surface area contributed by atoms with Crippen molar-refractivity contribution in [2.75, 3.05) is 0 Å². The number of fused-ring (bicyclic) bond motifs is 1. The number of aryl methyl sites for hydroxylation is 1. The van der Waals surface area contributed by atoms with Crippen LogP contribution in [0.5, 0.6) is 0 Å². The molecule has 1 unspecified atom stereocenters. The number of benzene rings is 1. The number of nitrogens with zero attached hydrogens (tertiary/aromatic N) is 1. The van der Waals surface area contributed by atoms with Crippen molar-refractivity contribution in [2.24, 2.45) is 17.8 Å². The number of nitriles is 1. The quantitative estimate of drug-likeness (QED) is 0.690. The first-order valence-corrected chi connectivity index (χ1v) is 8.55. The molecule has 2 heteroatoms. The van der Waals surface area contributed by atoms with E-state index in [1.165, 1.54) is 37.7 Å². The molecule has 22 heavy (non-hydrogen) atoms. The Bertz CT molecular complexity index is 603. The van der Waals surface area contributed by atoms with Crippen LogP contribution in [0.1, 0.15) is 55.7 Å². The van der Waals surface area contributed by atoms with Gasteiger partial charge in [0.15, 0.2) is 0 Å². The van der Waals surface area contributed by atoms with Crippen molar-refractivity contribution in [3.8, 4) is 6.07 Å². The predicted octanol–water partition coefficient (Wildman–Crippen LogP) is 5.18. The summed E-state index contributed by atoms with van der Waals surface area (Å²) in [6.45, 7) is 2.11. The summed E-state index contributed by atoms with van der Waals surface area (Å²) in [6, 6.07) is 5.34. The van der Waals surface area contributed by atoms with Crippen LogP contribution in [0.3, 0.4) is 0 Å². The third-order valence-corrected chi connectivity index (χ3v) is 5.62. The van der Waals surface area contributed by atoms with E-state index in [2.05, 4.69) is 19.1 Å². The topological polar surface area (TPSA) is 23.8 Å². The third-order valence-electron chi connectivity index (χ3n) is 5.62. The normalized spacial score (nSPS) is 28.3. The molecule has 0 aliphatic heterocycles. The third kappa shape index (κ3) is 3.09. The Hall–Kier alpha value is -1.62. The van der Waals surface area contributed by atoms with Crippen LogP contribution in [0.4, 0.5) is 4.39 Å². The molecule has 1 aromatic carbocycles. The maximum Gasteiger partial charge on any atom is 0.141 e. The maximum absolute atomic E-state index is 13.9. The van der Waals surface area contributed by atoms with Gasteiger partial charge in [0.1, 0.15) is 11.9 Å². The zero-order valence-electron chi connectivity index (χ0n) is 13.3. The lowest BCUT2D eigenvalue weighted by atomic mass is 9.69. The molecule has 0 amide bonds. The van der Waals surface area contributed by atoms with E-state index in [-0.39, 0.29) is 11.4 Å². The van der Waals surface area contributed by atoms with Crippen LogP contribution < -0.4 is 0 Å². The highest BCUT2D eigenvalue weighted by Crippen LogP contribution is 2.40. The molecule has 1 nitrogen and oxygen atoms in total. The maximum atomic E-state index is 13.9. The lowest BCUT2D eigenvalue weighted by molar-refractivity contribution is 0.206. The molecule has 1 atom stereocenters. The Balaban J connectivity index is 1.68. The van der Waals surface area contributed by atoms with E-state index in [1.54, 1.807) is 12.1 Å². The van der Waals surface area contributed by atoms with Gasteiger partial charge in [-0.1, -0.05) is 12.2 Å². The van der Waals surface area contributed by atoms with Crippen LogP contribution >= 0.6 is 0 Å². The Morgan fingerprint density at radius 1 is 1.09 bits per heavy atom. The van der Waals surface area contributed by atoms with Gasteiger partial charge in [-0.25, -0.2) is 4.39 Å². The van der Waals surface area contributed by atoms with Crippen molar-refractivity contribution >= 4 is 0 Å². The van der Waals surface area contributed by atoms with Gasteiger partial charge in [0, 0.05) is 0 Å². The molecule has 116 valence electrons. The molecule has 3 rings (SSSR count). The molecule has 0 radical (unpaired) electrons. The number of hydrogen-bond donors (Lipinski definition) is 0. The summed E-state index contributed by atoms with van der Waals surface area (Å²) in [6.07, 6.45) is 13.0. The Labute approximate surface area is 132 Å². The summed E-state index contributed by atoms with van der Waals surface area (Å²) in [7, 11) is 0. The van der Waals surface area contributed by atoms with E-state index in [0.717, 1.165) is 30.2 Å². The first kappa shape index (κ1) is 15.3. The smallest absolute Gasteiger partial charge is 0.141 e. The summed E-state index contributed by atoms with van der Waals surface area (Å²) in [5, 5.41) is 8.95. The molecule has 2 aliphatic carbocycles. The number of hydrogen-bond acceptors (Lipinski definition) is 1. The standard InChI is InChI=1S/C20H24FN/c1-2-3-14-4-6-15(7-5-14)16-8-9-17-11-19(13-22)20(21)12-18(17)10-16/h2-3,11-12,14-16H,4-10H2,1H3/b3-2+. The van der Waals surface area contributed by atoms with Gasteiger partial charge in [0.05, 0.1) is 5.56 Å². The molecule has 0 heterocycles. The lowest BCUT2D eigenvalue weighted by Crippen LogP contribution is -2.26. The van der Waals surface area contributed by atoms with Crippen molar-refractivity contribution in [3.05, 3.63) is 46.8 Å². The first-order valence-electron chi connectivity index (χ1n) is 8.55. The number of halogens is 1. The Morgan fingerprint density at radius 2 is 1.86 bits per heavy atom. The first-order chi connectivity index (χ1) is 10.7. The van der Waals surface area contributed by atoms with Gasteiger partial charge in [-0.15, -0.1) is 0 Å². The zero-order valence-corrected chi connectivity index (χ0v) is 13.3. The SMILES string of the molecule is C/C=C/C1CCC(C2CCc3cc(C#N)c(F)cc3C2)CC1. The summed E-state index contributed by atoms with van der Waals surface area (Å²) < 4.78 is 13.9. The van der Waals surface area contributed by atoms with Crippen LogP contribution in [0.25, 0.3) is 0 Å². The average Bonchev–Trinajstić information content (AvgIpc) is 2.54. The predicted molar refractivity (Wildman–Crippen MR) is 86.9 cm³/mol. The number of rotatable bonds is 2. The molecule has 2 aliphatic rings. The van der Waals surface area contributed by atoms with Gasteiger partial charge >= 0.3 is 0 Å². The van der Waals surface area contributed by atoms with Crippen molar-refractivity contribution in [2.45, 2.75) is 51.9 Å². The summed E-state index contributed by atoms with van der Waals surface area (Å²) >= 11 is 0. The molecule has 1 aromatic rings. The molecular formula is C20H24FN. The van der Waals surface area contributed by atoms with Gasteiger partial charge < -0.3 is 0 Å². The second-order valence-electron chi connectivity index (χ2n) is 6.92. The summed E-state index contributed by atoms with van der Waals surface area (Å²) in [5.41, 5.74) is 2.53. The minimum absolute atomic E-state index is 0.198. The summed E-state index contributed by atoms with van der Waals surface area (Å²) in [4.78, 5) is 0. The summed E-state index contributed by atoms with van der Waals surface area (Å²) in [5.74, 6) is 1.92. The second-order valence-corrected chi connectivity index (χ2v) is 6.92.